The van der Waals surface area contributed by atoms with Gasteiger partial charge in [-0.2, -0.15) is 5.26 Å². The SMILES string of the molecule is CC(C)(C#N)c1ccc([N+](=O)[O-])o1. The average Bonchev–Trinajstić information content (AvgIpc) is 2.52. The fourth-order valence-electron chi connectivity index (χ4n) is 0.817. The minimum atomic E-state index is -0.825. The third-order valence-corrected chi connectivity index (χ3v) is 1.67. The Morgan fingerprint density at radius 3 is 2.62 bits per heavy atom. The van der Waals surface area contributed by atoms with Crippen molar-refractivity contribution in [2.75, 3.05) is 0 Å². The Bertz CT molecular complexity index is 373. The summed E-state index contributed by atoms with van der Waals surface area (Å²) in [7, 11) is 0. The summed E-state index contributed by atoms with van der Waals surface area (Å²) < 4.78 is 4.88. The van der Waals surface area contributed by atoms with Crippen molar-refractivity contribution < 1.29 is 9.34 Å². The molecule has 0 amide bonds. The van der Waals surface area contributed by atoms with Crippen LogP contribution in [0.4, 0.5) is 5.88 Å². The van der Waals surface area contributed by atoms with Gasteiger partial charge in [0.15, 0.2) is 0 Å². The second-order valence-corrected chi connectivity index (χ2v) is 3.13. The maximum absolute atomic E-state index is 10.3. The minimum Gasteiger partial charge on any atom is -0.404 e. The summed E-state index contributed by atoms with van der Waals surface area (Å²) >= 11 is 0. The molecule has 5 nitrogen and oxygen atoms in total. The van der Waals surface area contributed by atoms with Crippen LogP contribution < -0.4 is 0 Å². The summed E-state index contributed by atoms with van der Waals surface area (Å²) in [5.74, 6) is -0.0278. The number of hydrogen-bond acceptors (Lipinski definition) is 4. The van der Waals surface area contributed by atoms with Gasteiger partial charge in [0.1, 0.15) is 16.1 Å². The zero-order chi connectivity index (χ0) is 10.1. The van der Waals surface area contributed by atoms with Crippen molar-refractivity contribution in [2.24, 2.45) is 0 Å². The molecule has 0 atom stereocenters. The normalized spacial score (nSPS) is 10.8. The van der Waals surface area contributed by atoms with Gasteiger partial charge in [-0.15, -0.1) is 0 Å². The number of nitriles is 1. The third-order valence-electron chi connectivity index (χ3n) is 1.67. The van der Waals surface area contributed by atoms with E-state index >= 15 is 0 Å². The van der Waals surface area contributed by atoms with E-state index in [4.69, 9.17) is 9.68 Å². The first-order chi connectivity index (χ1) is 5.97. The summed E-state index contributed by atoms with van der Waals surface area (Å²) in [4.78, 5) is 9.63. The topological polar surface area (TPSA) is 80.1 Å². The van der Waals surface area contributed by atoms with E-state index in [2.05, 4.69) is 0 Å². The number of hydrogen-bond donors (Lipinski definition) is 0. The first kappa shape index (κ1) is 9.26. The number of nitrogens with zero attached hydrogens (tertiary/aromatic N) is 2. The fraction of sp³-hybridized carbons (Fsp3) is 0.375. The quantitative estimate of drug-likeness (QED) is 0.514. The second-order valence-electron chi connectivity index (χ2n) is 3.13. The molecule has 1 aromatic heterocycles. The first-order valence-electron chi connectivity index (χ1n) is 3.63. The molecule has 0 radical (unpaired) electrons. The molecule has 1 heterocycles. The maximum Gasteiger partial charge on any atom is 0.433 e. The predicted molar refractivity (Wildman–Crippen MR) is 44.0 cm³/mol. The van der Waals surface area contributed by atoms with Gasteiger partial charge in [0.2, 0.25) is 0 Å². The van der Waals surface area contributed by atoms with E-state index in [0.717, 1.165) is 0 Å². The van der Waals surface area contributed by atoms with Gasteiger partial charge >= 0.3 is 5.88 Å². The minimum absolute atomic E-state index is 0.307. The molecule has 68 valence electrons. The van der Waals surface area contributed by atoms with Gasteiger partial charge in [0, 0.05) is 0 Å². The summed E-state index contributed by atoms with van der Waals surface area (Å²) in [6.45, 7) is 3.27. The third kappa shape index (κ3) is 1.67. The number of nitro groups is 1. The highest BCUT2D eigenvalue weighted by Gasteiger charge is 2.26. The summed E-state index contributed by atoms with van der Waals surface area (Å²) in [6, 6.07) is 4.68. The van der Waals surface area contributed by atoms with Gasteiger partial charge in [-0.3, -0.25) is 10.1 Å². The summed E-state index contributed by atoms with van der Waals surface area (Å²) in [5.41, 5.74) is -0.825. The molecule has 0 aliphatic carbocycles. The van der Waals surface area contributed by atoms with Gasteiger partial charge in [0.25, 0.3) is 0 Å². The van der Waals surface area contributed by atoms with E-state index in [0.29, 0.717) is 5.76 Å². The molecule has 1 aromatic rings. The highest BCUT2D eigenvalue weighted by Crippen LogP contribution is 2.27. The molecule has 0 N–H and O–H groups in total. The van der Waals surface area contributed by atoms with Crippen molar-refractivity contribution >= 4 is 5.88 Å². The highest BCUT2D eigenvalue weighted by atomic mass is 16.6. The molecule has 13 heavy (non-hydrogen) atoms. The summed E-state index contributed by atoms with van der Waals surface area (Å²) in [5, 5.41) is 19.0. The van der Waals surface area contributed by atoms with Crippen molar-refractivity contribution in [2.45, 2.75) is 19.3 Å². The summed E-state index contributed by atoms with van der Waals surface area (Å²) in [6.07, 6.45) is 0. The Morgan fingerprint density at radius 2 is 2.23 bits per heavy atom. The van der Waals surface area contributed by atoms with Crippen LogP contribution in [0.2, 0.25) is 0 Å². The molecule has 0 unspecified atom stereocenters. The van der Waals surface area contributed by atoms with Crippen molar-refractivity contribution in [3.63, 3.8) is 0 Å². The molecule has 5 heteroatoms. The average molecular weight is 180 g/mol. The fourth-order valence-corrected chi connectivity index (χ4v) is 0.817. The zero-order valence-corrected chi connectivity index (χ0v) is 7.27. The molecule has 0 aromatic carbocycles. The molecule has 0 saturated carbocycles. The van der Waals surface area contributed by atoms with E-state index < -0.39 is 10.3 Å². The van der Waals surface area contributed by atoms with Crippen LogP contribution in [0.3, 0.4) is 0 Å². The smallest absolute Gasteiger partial charge is 0.404 e. The molecule has 1 rings (SSSR count). The van der Waals surface area contributed by atoms with Crippen LogP contribution in [-0.4, -0.2) is 4.92 Å². The van der Waals surface area contributed by atoms with Crippen molar-refractivity contribution in [3.05, 3.63) is 28.0 Å². The number of furan rings is 1. The van der Waals surface area contributed by atoms with Gasteiger partial charge in [-0.1, -0.05) is 0 Å². The van der Waals surface area contributed by atoms with Crippen molar-refractivity contribution in [1.29, 1.82) is 5.26 Å². The Kier molecular flexibility index (Phi) is 2.07. The van der Waals surface area contributed by atoms with Crippen LogP contribution in [0.25, 0.3) is 0 Å². The lowest BCUT2D eigenvalue weighted by Crippen LogP contribution is -2.12. The highest BCUT2D eigenvalue weighted by molar-refractivity contribution is 5.27. The van der Waals surface area contributed by atoms with E-state index in [9.17, 15) is 10.1 Å². The standard InChI is InChI=1S/C8H8N2O3/c1-8(2,5-9)6-3-4-7(13-6)10(11)12/h3-4H,1-2H3. The van der Waals surface area contributed by atoms with Crippen molar-refractivity contribution in [3.8, 4) is 6.07 Å². The molecular formula is C8H8N2O3. The second kappa shape index (κ2) is 2.90. The molecular weight excluding hydrogens is 172 g/mol. The molecule has 0 aliphatic heterocycles. The van der Waals surface area contributed by atoms with E-state index in [1.165, 1.54) is 12.1 Å². The zero-order valence-electron chi connectivity index (χ0n) is 7.27. The van der Waals surface area contributed by atoms with Gasteiger partial charge < -0.3 is 4.42 Å². The van der Waals surface area contributed by atoms with Crippen LogP contribution >= 0.6 is 0 Å². The molecule has 0 aliphatic rings. The molecule has 0 fully saturated rings. The Hall–Kier alpha value is -1.83. The lowest BCUT2D eigenvalue weighted by atomic mass is 9.93. The monoisotopic (exact) mass is 180 g/mol. The van der Waals surface area contributed by atoms with E-state index in [-0.39, 0.29) is 5.88 Å². The van der Waals surface area contributed by atoms with Crippen molar-refractivity contribution in [1.82, 2.24) is 0 Å². The van der Waals surface area contributed by atoms with Crippen LogP contribution in [-0.2, 0) is 5.41 Å². The predicted octanol–water partition coefficient (Wildman–Crippen LogP) is 1.99. The lowest BCUT2D eigenvalue weighted by Gasteiger charge is -2.09. The Labute approximate surface area is 74.7 Å². The van der Waals surface area contributed by atoms with E-state index in [1.807, 2.05) is 6.07 Å². The largest absolute Gasteiger partial charge is 0.433 e. The molecule has 0 saturated heterocycles. The van der Waals surface area contributed by atoms with E-state index in [1.54, 1.807) is 13.8 Å². The van der Waals surface area contributed by atoms with Gasteiger partial charge in [-0.25, -0.2) is 0 Å². The Morgan fingerprint density at radius 1 is 1.62 bits per heavy atom. The van der Waals surface area contributed by atoms with Crippen LogP contribution in [0.15, 0.2) is 16.5 Å². The Balaban J connectivity index is 3.07. The van der Waals surface area contributed by atoms with Crippen LogP contribution in [0, 0.1) is 21.4 Å². The first-order valence-corrected chi connectivity index (χ1v) is 3.63. The maximum atomic E-state index is 10.3. The molecule has 0 bridgehead atoms. The van der Waals surface area contributed by atoms with Crippen LogP contribution in [0.1, 0.15) is 19.6 Å². The van der Waals surface area contributed by atoms with Gasteiger partial charge in [-0.05, 0) is 19.9 Å². The van der Waals surface area contributed by atoms with Gasteiger partial charge in [0.05, 0.1) is 12.1 Å². The van der Waals surface area contributed by atoms with Crippen LogP contribution in [0.5, 0.6) is 0 Å². The lowest BCUT2D eigenvalue weighted by molar-refractivity contribution is -0.402. The molecule has 0 spiro atoms. The number of rotatable bonds is 2.